The standard InChI is InChI=1S/C23H38N4O10/c1-12(2)20(24)21(33)26-13(6-8-18(29)30)22(34)27-10-4-5-16(37-3)15(27)11-17(28)25-14(23(35)36)7-9-19(31)32/h12-16,20H,4-11,24H2,1-3H3,(H,25,28)(H,26,33)(H,29,30)(H,31,32)(H,35,36)/t13-,14-,15+,16+,20-/m0/s1. The fraction of sp³-hybridized carbons (Fsp3) is 0.739. The van der Waals surface area contributed by atoms with Gasteiger partial charge in [0.05, 0.1) is 18.2 Å². The van der Waals surface area contributed by atoms with Crippen LogP contribution in [0.5, 0.6) is 0 Å². The van der Waals surface area contributed by atoms with Gasteiger partial charge in [0.1, 0.15) is 12.1 Å². The number of ether oxygens (including phenoxy) is 1. The molecule has 3 amide bonds. The van der Waals surface area contributed by atoms with E-state index >= 15 is 0 Å². The van der Waals surface area contributed by atoms with Crippen LogP contribution in [0.15, 0.2) is 0 Å². The highest BCUT2D eigenvalue weighted by Gasteiger charge is 2.39. The zero-order valence-corrected chi connectivity index (χ0v) is 21.3. The Kier molecular flexibility index (Phi) is 13.0. The minimum atomic E-state index is -1.43. The Morgan fingerprint density at radius 2 is 1.54 bits per heavy atom. The van der Waals surface area contributed by atoms with Gasteiger partial charge in [0, 0.05) is 32.9 Å². The monoisotopic (exact) mass is 530 g/mol. The highest BCUT2D eigenvalue weighted by atomic mass is 16.5. The molecule has 14 heteroatoms. The van der Waals surface area contributed by atoms with Crippen molar-refractivity contribution in [1.82, 2.24) is 15.5 Å². The second kappa shape index (κ2) is 15.1. The molecule has 0 aromatic carbocycles. The molecule has 0 bridgehead atoms. The average molecular weight is 531 g/mol. The molecule has 1 fully saturated rings. The van der Waals surface area contributed by atoms with Crippen LogP contribution < -0.4 is 16.4 Å². The van der Waals surface area contributed by atoms with E-state index in [0.29, 0.717) is 12.8 Å². The number of likely N-dealkylation sites (tertiary alicyclic amines) is 1. The molecule has 7 N–H and O–H groups in total. The SMILES string of the molecule is CO[C@@H]1CCCN(C(=O)[C@H](CCC(=O)O)NC(=O)[C@@H](N)C(C)C)[C@@H]1CC(=O)N[C@@H](CCC(=O)O)C(=O)O. The van der Waals surface area contributed by atoms with Crippen LogP contribution in [0.25, 0.3) is 0 Å². The predicted molar refractivity (Wildman–Crippen MR) is 128 cm³/mol. The van der Waals surface area contributed by atoms with Gasteiger partial charge < -0.3 is 41.3 Å². The lowest BCUT2D eigenvalue weighted by Gasteiger charge is -2.42. The van der Waals surface area contributed by atoms with Crippen LogP contribution in [0.4, 0.5) is 0 Å². The molecule has 0 aromatic heterocycles. The van der Waals surface area contributed by atoms with Gasteiger partial charge in [-0.3, -0.25) is 24.0 Å². The van der Waals surface area contributed by atoms with Crippen LogP contribution in [0.1, 0.15) is 58.8 Å². The Morgan fingerprint density at radius 1 is 0.973 bits per heavy atom. The van der Waals surface area contributed by atoms with Crippen molar-refractivity contribution >= 4 is 35.6 Å². The first-order chi connectivity index (χ1) is 17.3. The van der Waals surface area contributed by atoms with E-state index in [0.717, 1.165) is 0 Å². The van der Waals surface area contributed by atoms with Crippen molar-refractivity contribution < 1.29 is 48.8 Å². The summed E-state index contributed by atoms with van der Waals surface area (Å²) >= 11 is 0. The third kappa shape index (κ3) is 10.3. The van der Waals surface area contributed by atoms with Gasteiger partial charge in [0.15, 0.2) is 0 Å². The van der Waals surface area contributed by atoms with Crippen molar-refractivity contribution in [2.75, 3.05) is 13.7 Å². The van der Waals surface area contributed by atoms with Gasteiger partial charge in [-0.25, -0.2) is 4.79 Å². The number of aliphatic carboxylic acids is 3. The largest absolute Gasteiger partial charge is 0.481 e. The molecule has 0 aliphatic carbocycles. The lowest BCUT2D eigenvalue weighted by atomic mass is 9.93. The lowest BCUT2D eigenvalue weighted by molar-refractivity contribution is -0.148. The summed E-state index contributed by atoms with van der Waals surface area (Å²) in [6, 6.07) is -4.40. The van der Waals surface area contributed by atoms with Gasteiger partial charge in [-0.15, -0.1) is 0 Å². The number of nitrogens with two attached hydrogens (primary N) is 1. The van der Waals surface area contributed by atoms with Gasteiger partial charge in [0.2, 0.25) is 17.7 Å². The lowest BCUT2D eigenvalue weighted by Crippen LogP contribution is -2.60. The molecule has 0 aromatic rings. The van der Waals surface area contributed by atoms with E-state index in [1.54, 1.807) is 13.8 Å². The van der Waals surface area contributed by atoms with E-state index in [9.17, 15) is 33.9 Å². The maximum absolute atomic E-state index is 13.5. The summed E-state index contributed by atoms with van der Waals surface area (Å²) in [6.07, 6.45) is -1.29. The minimum Gasteiger partial charge on any atom is -0.481 e. The topological polar surface area (TPSA) is 226 Å². The van der Waals surface area contributed by atoms with E-state index in [4.69, 9.17) is 20.7 Å². The Morgan fingerprint density at radius 3 is 2.03 bits per heavy atom. The van der Waals surface area contributed by atoms with Crippen molar-refractivity contribution in [2.24, 2.45) is 11.7 Å². The molecular weight excluding hydrogens is 492 g/mol. The van der Waals surface area contributed by atoms with E-state index < -0.39 is 78.7 Å². The first-order valence-electron chi connectivity index (χ1n) is 12.1. The van der Waals surface area contributed by atoms with Gasteiger partial charge >= 0.3 is 17.9 Å². The van der Waals surface area contributed by atoms with Gasteiger partial charge in [-0.1, -0.05) is 13.8 Å². The number of piperidine rings is 1. The fourth-order valence-electron chi connectivity index (χ4n) is 4.08. The molecule has 0 unspecified atom stereocenters. The smallest absolute Gasteiger partial charge is 0.326 e. The number of carbonyl (C=O) groups excluding carboxylic acids is 3. The quantitative estimate of drug-likeness (QED) is 0.153. The molecule has 1 saturated heterocycles. The normalized spacial score (nSPS) is 20.0. The summed E-state index contributed by atoms with van der Waals surface area (Å²) < 4.78 is 5.48. The van der Waals surface area contributed by atoms with Crippen LogP contribution in [-0.2, 0) is 33.5 Å². The number of carboxylic acids is 3. The second-order valence-corrected chi connectivity index (χ2v) is 9.37. The Bertz CT molecular complexity index is 849. The Labute approximate surface area is 214 Å². The van der Waals surface area contributed by atoms with Crippen LogP contribution >= 0.6 is 0 Å². The van der Waals surface area contributed by atoms with Crippen LogP contribution in [0, 0.1) is 5.92 Å². The summed E-state index contributed by atoms with van der Waals surface area (Å²) in [5, 5.41) is 32.1. The molecule has 0 radical (unpaired) electrons. The van der Waals surface area contributed by atoms with Gasteiger partial charge in [-0.05, 0) is 31.6 Å². The van der Waals surface area contributed by atoms with Crippen molar-refractivity contribution in [3.05, 3.63) is 0 Å². The molecule has 37 heavy (non-hydrogen) atoms. The molecule has 0 spiro atoms. The molecule has 210 valence electrons. The number of hydrogen-bond donors (Lipinski definition) is 6. The average Bonchev–Trinajstić information content (AvgIpc) is 2.82. The van der Waals surface area contributed by atoms with Gasteiger partial charge in [-0.2, -0.15) is 0 Å². The van der Waals surface area contributed by atoms with Crippen LogP contribution in [0.2, 0.25) is 0 Å². The highest BCUT2D eigenvalue weighted by Crippen LogP contribution is 2.24. The molecule has 1 aliphatic rings. The van der Waals surface area contributed by atoms with Crippen molar-refractivity contribution in [1.29, 1.82) is 0 Å². The number of nitrogens with one attached hydrogen (secondary N) is 2. The molecular formula is C23H38N4O10. The number of nitrogens with zero attached hydrogens (tertiary/aromatic N) is 1. The number of carboxylic acid groups (broad SMARTS) is 3. The minimum absolute atomic E-state index is 0.200. The number of carbonyl (C=O) groups is 6. The maximum Gasteiger partial charge on any atom is 0.326 e. The summed E-state index contributed by atoms with van der Waals surface area (Å²) in [7, 11) is 1.40. The second-order valence-electron chi connectivity index (χ2n) is 9.37. The molecule has 1 heterocycles. The zero-order chi connectivity index (χ0) is 28.3. The van der Waals surface area contributed by atoms with E-state index in [1.165, 1.54) is 12.0 Å². The first kappa shape index (κ1) is 31.8. The Balaban J connectivity index is 3.12. The molecule has 1 aliphatic heterocycles. The maximum atomic E-state index is 13.5. The van der Waals surface area contributed by atoms with E-state index in [1.807, 2.05) is 0 Å². The molecule has 1 rings (SSSR count). The zero-order valence-electron chi connectivity index (χ0n) is 21.3. The number of hydrogen-bond acceptors (Lipinski definition) is 8. The summed E-state index contributed by atoms with van der Waals surface area (Å²) in [5.74, 6) is -5.95. The first-order valence-corrected chi connectivity index (χ1v) is 12.1. The van der Waals surface area contributed by atoms with Crippen LogP contribution in [-0.4, -0.2) is 99.8 Å². The van der Waals surface area contributed by atoms with Crippen molar-refractivity contribution in [2.45, 2.75) is 89.1 Å². The summed E-state index contributed by atoms with van der Waals surface area (Å²) in [6.45, 7) is 3.65. The highest BCUT2D eigenvalue weighted by molar-refractivity contribution is 5.91. The summed E-state index contributed by atoms with van der Waals surface area (Å²) in [5.41, 5.74) is 5.88. The fourth-order valence-corrected chi connectivity index (χ4v) is 4.08. The van der Waals surface area contributed by atoms with Crippen molar-refractivity contribution in [3.63, 3.8) is 0 Å². The van der Waals surface area contributed by atoms with Gasteiger partial charge in [0.25, 0.3) is 0 Å². The van der Waals surface area contributed by atoms with Crippen molar-refractivity contribution in [3.8, 4) is 0 Å². The van der Waals surface area contributed by atoms with E-state index in [-0.39, 0.29) is 31.7 Å². The number of amides is 3. The number of methoxy groups -OCH3 is 1. The third-order valence-electron chi connectivity index (χ3n) is 6.26. The third-order valence-corrected chi connectivity index (χ3v) is 6.26. The molecule has 14 nitrogen and oxygen atoms in total. The summed E-state index contributed by atoms with van der Waals surface area (Å²) in [4.78, 5) is 73.6. The van der Waals surface area contributed by atoms with E-state index in [2.05, 4.69) is 10.6 Å². The predicted octanol–water partition coefficient (Wildman–Crippen LogP) is -0.850. The van der Waals surface area contributed by atoms with Crippen LogP contribution in [0.3, 0.4) is 0 Å². The number of rotatable bonds is 15. The Hall–Kier alpha value is -3.26. The molecule has 0 saturated carbocycles. The molecule has 5 atom stereocenters.